The predicted octanol–water partition coefficient (Wildman–Crippen LogP) is 6.65. The molecule has 3 aromatic rings. The van der Waals surface area contributed by atoms with Crippen molar-refractivity contribution in [1.82, 2.24) is 9.55 Å². The molecule has 4 heteroatoms. The minimum atomic E-state index is 0.0608. The topological polar surface area (TPSA) is 17.8 Å². The van der Waals surface area contributed by atoms with Crippen molar-refractivity contribution < 1.29 is 0 Å². The lowest BCUT2D eigenvalue weighted by atomic mass is 10.00. The van der Waals surface area contributed by atoms with E-state index >= 15 is 0 Å². The van der Waals surface area contributed by atoms with Gasteiger partial charge in [0.15, 0.2) is 0 Å². The van der Waals surface area contributed by atoms with E-state index < -0.39 is 0 Å². The van der Waals surface area contributed by atoms with Crippen LogP contribution < -0.4 is 0 Å². The molecule has 1 unspecified atom stereocenters. The Labute approximate surface area is 172 Å². The van der Waals surface area contributed by atoms with Crippen LogP contribution in [0.1, 0.15) is 35.6 Å². The van der Waals surface area contributed by atoms with E-state index in [-0.39, 0.29) is 4.75 Å². The summed E-state index contributed by atoms with van der Waals surface area (Å²) in [6.07, 6.45) is 7.92. The van der Waals surface area contributed by atoms with Crippen molar-refractivity contribution in [3.05, 3.63) is 82.4 Å². The molecule has 142 valence electrons. The lowest BCUT2D eigenvalue weighted by molar-refractivity contribution is 0.495. The van der Waals surface area contributed by atoms with Crippen molar-refractivity contribution in [2.24, 2.45) is 0 Å². The van der Waals surface area contributed by atoms with E-state index in [9.17, 15) is 0 Å². The Morgan fingerprint density at radius 1 is 1.11 bits per heavy atom. The van der Waals surface area contributed by atoms with Gasteiger partial charge in [-0.25, -0.2) is 4.98 Å². The summed E-state index contributed by atoms with van der Waals surface area (Å²) in [6.45, 7) is 9.90. The molecule has 0 N–H and O–H groups in total. The van der Waals surface area contributed by atoms with E-state index in [1.807, 2.05) is 36.4 Å². The summed E-state index contributed by atoms with van der Waals surface area (Å²) in [4.78, 5) is 5.61. The molecule has 0 radical (unpaired) electrons. The van der Waals surface area contributed by atoms with Gasteiger partial charge in [-0.2, -0.15) is 0 Å². The summed E-state index contributed by atoms with van der Waals surface area (Å²) in [6, 6.07) is 12.8. The fourth-order valence-corrected chi connectivity index (χ4v) is 4.99. The number of hydrogen-bond acceptors (Lipinski definition) is 2. The maximum atomic E-state index is 6.04. The predicted molar refractivity (Wildman–Crippen MR) is 117 cm³/mol. The van der Waals surface area contributed by atoms with E-state index in [0.717, 1.165) is 24.4 Å². The van der Waals surface area contributed by atoms with Gasteiger partial charge >= 0.3 is 0 Å². The van der Waals surface area contributed by atoms with Crippen LogP contribution in [-0.4, -0.2) is 14.3 Å². The van der Waals surface area contributed by atoms with E-state index in [2.05, 4.69) is 67.7 Å². The molecule has 0 bridgehead atoms. The van der Waals surface area contributed by atoms with Gasteiger partial charge in [0.25, 0.3) is 0 Å². The van der Waals surface area contributed by atoms with Crippen LogP contribution in [0.4, 0.5) is 0 Å². The van der Waals surface area contributed by atoms with Gasteiger partial charge in [0, 0.05) is 33.6 Å². The molecular formula is C23H27ClN2S. The number of imidazole rings is 1. The summed E-state index contributed by atoms with van der Waals surface area (Å²) < 4.78 is 2.25. The second kappa shape index (κ2) is 8.53. The van der Waals surface area contributed by atoms with Crippen molar-refractivity contribution in [2.75, 3.05) is 0 Å². The zero-order valence-corrected chi connectivity index (χ0v) is 18.1. The van der Waals surface area contributed by atoms with Crippen molar-refractivity contribution in [3.63, 3.8) is 0 Å². The van der Waals surface area contributed by atoms with Crippen LogP contribution >= 0.6 is 23.4 Å². The number of halogens is 1. The molecule has 1 heterocycles. The lowest BCUT2D eigenvalue weighted by Gasteiger charge is -2.31. The zero-order chi connectivity index (χ0) is 19.4. The second-order valence-electron chi connectivity index (χ2n) is 7.62. The maximum absolute atomic E-state index is 6.04. The number of benzene rings is 2. The first kappa shape index (κ1) is 20.0. The first-order valence-corrected chi connectivity index (χ1v) is 10.5. The smallest absolute Gasteiger partial charge is 0.0946 e. The number of rotatable bonds is 7. The third-order valence-corrected chi connectivity index (χ3v) is 6.77. The number of hydrogen-bond donors (Lipinski definition) is 0. The highest BCUT2D eigenvalue weighted by molar-refractivity contribution is 8.00. The SMILES string of the molecule is Cc1cc(C)c(C)c(SC(C)(CCc2ccc(Cl)cc2)Cn2ccnc2)c1. The number of aromatic nitrogens is 2. The molecular weight excluding hydrogens is 372 g/mol. The quantitative estimate of drug-likeness (QED) is 0.415. The van der Waals surface area contributed by atoms with Gasteiger partial charge < -0.3 is 4.57 Å². The first-order chi connectivity index (χ1) is 12.8. The molecule has 3 rings (SSSR count). The van der Waals surface area contributed by atoms with Gasteiger partial charge in [-0.05, 0) is 81.0 Å². The molecule has 0 amide bonds. The Kier molecular flexibility index (Phi) is 6.33. The van der Waals surface area contributed by atoms with E-state index in [1.165, 1.54) is 27.1 Å². The summed E-state index contributed by atoms with van der Waals surface area (Å²) in [5.74, 6) is 0. The second-order valence-corrected chi connectivity index (χ2v) is 9.68. The monoisotopic (exact) mass is 398 g/mol. The maximum Gasteiger partial charge on any atom is 0.0946 e. The zero-order valence-electron chi connectivity index (χ0n) is 16.5. The number of aryl methyl sites for hydroxylation is 3. The summed E-state index contributed by atoms with van der Waals surface area (Å²) in [5.41, 5.74) is 5.39. The van der Waals surface area contributed by atoms with Crippen molar-refractivity contribution in [1.29, 1.82) is 0 Å². The Hall–Kier alpha value is -1.71. The van der Waals surface area contributed by atoms with Crippen LogP contribution in [0.5, 0.6) is 0 Å². The van der Waals surface area contributed by atoms with Gasteiger partial charge in [-0.1, -0.05) is 29.8 Å². The molecule has 27 heavy (non-hydrogen) atoms. The Bertz CT molecular complexity index is 887. The molecule has 0 saturated carbocycles. The third kappa shape index (κ3) is 5.40. The van der Waals surface area contributed by atoms with Crippen LogP contribution in [-0.2, 0) is 13.0 Å². The highest BCUT2D eigenvalue weighted by atomic mass is 35.5. The van der Waals surface area contributed by atoms with Crippen LogP contribution in [0.2, 0.25) is 5.02 Å². The number of thioether (sulfide) groups is 1. The molecule has 1 atom stereocenters. The van der Waals surface area contributed by atoms with Gasteiger partial charge in [0.1, 0.15) is 0 Å². The highest BCUT2D eigenvalue weighted by Crippen LogP contribution is 2.40. The molecule has 1 aromatic heterocycles. The Morgan fingerprint density at radius 3 is 2.52 bits per heavy atom. The molecule has 0 aliphatic carbocycles. The van der Waals surface area contributed by atoms with E-state index in [4.69, 9.17) is 11.6 Å². The molecule has 0 fully saturated rings. The normalized spacial score (nSPS) is 13.5. The van der Waals surface area contributed by atoms with Gasteiger partial charge in [-0.3, -0.25) is 0 Å². The minimum absolute atomic E-state index is 0.0608. The summed E-state index contributed by atoms with van der Waals surface area (Å²) in [7, 11) is 0. The number of nitrogens with zero attached hydrogens (tertiary/aromatic N) is 2. The average molecular weight is 399 g/mol. The molecule has 0 aliphatic heterocycles. The molecule has 2 aromatic carbocycles. The van der Waals surface area contributed by atoms with Crippen molar-refractivity contribution in [2.45, 2.75) is 56.7 Å². The summed E-state index contributed by atoms with van der Waals surface area (Å²) >= 11 is 8.03. The first-order valence-electron chi connectivity index (χ1n) is 9.32. The van der Waals surface area contributed by atoms with Gasteiger partial charge in [0.05, 0.1) is 6.33 Å². The van der Waals surface area contributed by atoms with Gasteiger partial charge in [-0.15, -0.1) is 11.8 Å². The van der Waals surface area contributed by atoms with E-state index in [1.54, 1.807) is 0 Å². The summed E-state index contributed by atoms with van der Waals surface area (Å²) in [5, 5.41) is 0.792. The Balaban J connectivity index is 1.84. The van der Waals surface area contributed by atoms with Crippen LogP contribution in [0.3, 0.4) is 0 Å². The Morgan fingerprint density at radius 2 is 1.85 bits per heavy atom. The molecule has 0 spiro atoms. The standard InChI is InChI=1S/C23H27ClN2S/c1-17-13-18(2)19(3)22(14-17)27-23(4,15-26-12-11-25-16-26)10-9-20-5-7-21(24)8-6-20/h5-8,11-14,16H,9-10,15H2,1-4H3. The fourth-order valence-electron chi connectivity index (χ4n) is 3.36. The van der Waals surface area contributed by atoms with E-state index in [0.29, 0.717) is 0 Å². The average Bonchev–Trinajstić information content (AvgIpc) is 3.11. The van der Waals surface area contributed by atoms with Gasteiger partial charge in [0.2, 0.25) is 0 Å². The van der Waals surface area contributed by atoms with Crippen molar-refractivity contribution in [3.8, 4) is 0 Å². The largest absolute Gasteiger partial charge is 0.336 e. The highest BCUT2D eigenvalue weighted by Gasteiger charge is 2.27. The third-order valence-electron chi connectivity index (χ3n) is 5.05. The molecule has 2 nitrogen and oxygen atoms in total. The van der Waals surface area contributed by atoms with Crippen LogP contribution in [0, 0.1) is 20.8 Å². The van der Waals surface area contributed by atoms with Crippen molar-refractivity contribution >= 4 is 23.4 Å². The lowest BCUT2D eigenvalue weighted by Crippen LogP contribution is -2.27. The van der Waals surface area contributed by atoms with Crippen LogP contribution in [0.25, 0.3) is 0 Å². The molecule has 0 saturated heterocycles. The van der Waals surface area contributed by atoms with Crippen LogP contribution in [0.15, 0.2) is 60.0 Å². The molecule has 0 aliphatic rings. The minimum Gasteiger partial charge on any atom is -0.336 e. The fraction of sp³-hybridized carbons (Fsp3) is 0.348.